The van der Waals surface area contributed by atoms with E-state index in [1.165, 1.54) is 11.1 Å². The molecule has 0 aliphatic heterocycles. The Balaban J connectivity index is 1.95. The number of hydrogen-bond donors (Lipinski definition) is 0. The summed E-state index contributed by atoms with van der Waals surface area (Å²) in [6.45, 7) is 6.55. The Kier molecular flexibility index (Phi) is 4.79. The number of fused-ring (bicyclic) bond motifs is 3. The minimum absolute atomic E-state index is 0.329. The average molecular weight is 418 g/mol. The number of aryl methyl sites for hydroxylation is 2. The van der Waals surface area contributed by atoms with Crippen LogP contribution in [0.15, 0.2) is 77.3 Å². The molecule has 0 aliphatic carbocycles. The maximum absolute atomic E-state index is 10.2. The summed E-state index contributed by atoms with van der Waals surface area (Å²) in [6.07, 6.45) is 2.05. The Labute approximate surface area is 188 Å². The first-order valence-electron chi connectivity index (χ1n) is 10.9. The van der Waals surface area contributed by atoms with Gasteiger partial charge in [-0.05, 0) is 41.7 Å². The second-order valence-electron chi connectivity index (χ2n) is 8.66. The minimum Gasteiger partial charge on any atom is -0.454 e. The molecule has 3 nitrogen and oxygen atoms in total. The molecule has 3 heteroatoms. The Morgan fingerprint density at radius 2 is 1.69 bits per heavy atom. The number of nitrogens with zero attached hydrogens (tertiary/aromatic N) is 2. The van der Waals surface area contributed by atoms with E-state index >= 15 is 0 Å². The lowest BCUT2D eigenvalue weighted by atomic mass is 9.90. The van der Waals surface area contributed by atoms with Crippen LogP contribution in [-0.4, -0.2) is 0 Å². The molecule has 2 heterocycles. The molecule has 0 amide bonds. The number of hydrogen-bond acceptors (Lipinski definition) is 2. The second kappa shape index (κ2) is 7.66. The summed E-state index contributed by atoms with van der Waals surface area (Å²) < 4.78 is 8.73. The highest BCUT2D eigenvalue weighted by Gasteiger charge is 2.25. The molecule has 3 aromatic carbocycles. The minimum atomic E-state index is 0.329. The smallest absolute Gasteiger partial charge is 0.216 e. The van der Waals surface area contributed by atoms with Gasteiger partial charge in [0.1, 0.15) is 24.3 Å². The fourth-order valence-electron chi connectivity index (χ4n) is 4.71. The van der Waals surface area contributed by atoms with Gasteiger partial charge in [0.05, 0.1) is 5.56 Å². The van der Waals surface area contributed by atoms with Gasteiger partial charge in [-0.15, -0.1) is 0 Å². The van der Waals surface area contributed by atoms with Crippen LogP contribution in [0, 0.1) is 18.3 Å². The summed E-state index contributed by atoms with van der Waals surface area (Å²) in [7, 11) is 2.05. The number of rotatable bonds is 3. The average Bonchev–Trinajstić information content (AvgIpc) is 3.18. The molecule has 0 atom stereocenters. The van der Waals surface area contributed by atoms with E-state index in [0.717, 1.165) is 38.7 Å². The van der Waals surface area contributed by atoms with E-state index in [2.05, 4.69) is 55.7 Å². The van der Waals surface area contributed by atoms with E-state index in [9.17, 15) is 5.26 Å². The molecule has 0 saturated heterocycles. The molecule has 5 aromatic rings. The van der Waals surface area contributed by atoms with Crippen molar-refractivity contribution in [3.05, 3.63) is 89.6 Å². The molecule has 0 fully saturated rings. The van der Waals surface area contributed by atoms with Gasteiger partial charge in [0.2, 0.25) is 5.69 Å². The highest BCUT2D eigenvalue weighted by Crippen LogP contribution is 2.43. The Bertz CT molecular complexity index is 1520. The van der Waals surface area contributed by atoms with Crippen LogP contribution >= 0.6 is 0 Å². The van der Waals surface area contributed by atoms with Crippen molar-refractivity contribution in [2.24, 2.45) is 7.05 Å². The van der Waals surface area contributed by atoms with Crippen molar-refractivity contribution in [3.63, 3.8) is 0 Å². The summed E-state index contributed by atoms with van der Waals surface area (Å²) in [5.74, 6) is 0.329. The second-order valence-corrected chi connectivity index (χ2v) is 8.66. The van der Waals surface area contributed by atoms with Crippen LogP contribution < -0.4 is 4.57 Å². The maximum atomic E-state index is 10.2. The third-order valence-corrected chi connectivity index (χ3v) is 6.27. The Morgan fingerprint density at radius 1 is 0.938 bits per heavy atom. The monoisotopic (exact) mass is 417 g/mol. The van der Waals surface area contributed by atoms with Crippen molar-refractivity contribution < 1.29 is 8.98 Å². The maximum Gasteiger partial charge on any atom is 0.216 e. The predicted molar refractivity (Wildman–Crippen MR) is 129 cm³/mol. The zero-order chi connectivity index (χ0) is 22.4. The fourth-order valence-corrected chi connectivity index (χ4v) is 4.71. The van der Waals surface area contributed by atoms with Crippen molar-refractivity contribution in [1.29, 1.82) is 5.26 Å². The molecular weight excluding hydrogens is 392 g/mol. The van der Waals surface area contributed by atoms with Gasteiger partial charge in [-0.2, -0.15) is 5.26 Å². The fraction of sp³-hybridized carbons (Fsp3) is 0.172. The van der Waals surface area contributed by atoms with Crippen molar-refractivity contribution in [1.82, 2.24) is 0 Å². The normalized spacial score (nSPS) is 11.4. The summed E-state index contributed by atoms with van der Waals surface area (Å²) in [6, 6.07) is 25.1. The molecule has 156 valence electrons. The van der Waals surface area contributed by atoms with Crippen molar-refractivity contribution in [2.45, 2.75) is 26.7 Å². The highest BCUT2D eigenvalue weighted by molar-refractivity contribution is 6.14. The van der Waals surface area contributed by atoms with E-state index in [1.807, 2.05) is 55.7 Å². The van der Waals surface area contributed by atoms with Gasteiger partial charge in [0.25, 0.3) is 0 Å². The lowest BCUT2D eigenvalue weighted by Gasteiger charge is -2.12. The Morgan fingerprint density at radius 3 is 2.38 bits per heavy atom. The van der Waals surface area contributed by atoms with Gasteiger partial charge in [-0.3, -0.25) is 0 Å². The molecule has 0 saturated carbocycles. The number of pyridine rings is 1. The lowest BCUT2D eigenvalue weighted by Crippen LogP contribution is -2.30. The van der Waals surface area contributed by atoms with Gasteiger partial charge in [-0.25, -0.2) is 4.57 Å². The molecule has 0 radical (unpaired) electrons. The first-order chi connectivity index (χ1) is 15.5. The van der Waals surface area contributed by atoms with Crippen LogP contribution in [0.1, 0.15) is 36.5 Å². The first-order valence-corrected chi connectivity index (χ1v) is 10.9. The summed E-state index contributed by atoms with van der Waals surface area (Å²) in [5, 5.41) is 12.3. The van der Waals surface area contributed by atoms with Gasteiger partial charge in [-0.1, -0.05) is 56.3 Å². The standard InChI is InChI=1S/C29H25N2O/c1-18(2)23-16-19(3)26(25-12-8-9-15-31(25)4)29-27(23)22-14-13-21(20-10-6-5-7-11-20)24(17-30)28(22)32-29/h5-16,18H,1-4H3/q+1. The third kappa shape index (κ3) is 2.99. The quantitative estimate of drug-likeness (QED) is 0.295. The van der Waals surface area contributed by atoms with Gasteiger partial charge >= 0.3 is 0 Å². The van der Waals surface area contributed by atoms with Crippen LogP contribution in [0.25, 0.3) is 44.3 Å². The van der Waals surface area contributed by atoms with Crippen LogP contribution in [-0.2, 0) is 7.05 Å². The first kappa shape index (κ1) is 20.0. The van der Waals surface area contributed by atoms with Gasteiger partial charge < -0.3 is 4.42 Å². The third-order valence-electron chi connectivity index (χ3n) is 6.27. The molecule has 0 aliphatic rings. The summed E-state index contributed by atoms with van der Waals surface area (Å²) in [4.78, 5) is 0. The van der Waals surface area contributed by atoms with Crippen LogP contribution in [0.4, 0.5) is 0 Å². The molecule has 5 rings (SSSR count). The zero-order valence-electron chi connectivity index (χ0n) is 18.8. The number of aromatic nitrogens is 1. The van der Waals surface area contributed by atoms with E-state index in [-0.39, 0.29) is 0 Å². The largest absolute Gasteiger partial charge is 0.454 e. The molecule has 0 bridgehead atoms. The predicted octanol–water partition coefficient (Wildman–Crippen LogP) is 7.05. The van der Waals surface area contributed by atoms with Crippen LogP contribution in [0.3, 0.4) is 0 Å². The van der Waals surface area contributed by atoms with Gasteiger partial charge in [0.15, 0.2) is 11.8 Å². The molecule has 32 heavy (non-hydrogen) atoms. The molecule has 0 spiro atoms. The van der Waals surface area contributed by atoms with E-state index in [0.29, 0.717) is 17.1 Å². The lowest BCUT2D eigenvalue weighted by molar-refractivity contribution is -0.660. The van der Waals surface area contributed by atoms with E-state index in [1.54, 1.807) is 0 Å². The highest BCUT2D eigenvalue weighted by atomic mass is 16.3. The topological polar surface area (TPSA) is 40.8 Å². The number of nitriles is 1. The summed E-state index contributed by atoms with van der Waals surface area (Å²) >= 11 is 0. The number of furan rings is 1. The molecule has 0 N–H and O–H groups in total. The molecule has 2 aromatic heterocycles. The van der Waals surface area contributed by atoms with Crippen molar-refractivity contribution in [2.75, 3.05) is 0 Å². The molecular formula is C29H25N2O+. The van der Waals surface area contributed by atoms with E-state index < -0.39 is 0 Å². The van der Waals surface area contributed by atoms with Crippen molar-refractivity contribution >= 4 is 21.9 Å². The summed E-state index contributed by atoms with van der Waals surface area (Å²) in [5.41, 5.74) is 8.60. The van der Waals surface area contributed by atoms with Gasteiger partial charge in [0, 0.05) is 28.5 Å². The van der Waals surface area contributed by atoms with Crippen LogP contribution in [0.2, 0.25) is 0 Å². The Hall–Kier alpha value is -3.90. The van der Waals surface area contributed by atoms with Crippen LogP contribution in [0.5, 0.6) is 0 Å². The molecule has 0 unspecified atom stereocenters. The SMILES string of the molecule is Cc1cc(C(C)C)c2c(oc3c(C#N)c(-c4ccccc4)ccc32)c1-c1cccc[n+]1C. The zero-order valence-corrected chi connectivity index (χ0v) is 18.8. The number of benzene rings is 3. The van der Waals surface area contributed by atoms with Crippen molar-refractivity contribution in [3.8, 4) is 28.5 Å². The van der Waals surface area contributed by atoms with E-state index in [4.69, 9.17) is 4.42 Å².